The van der Waals surface area contributed by atoms with E-state index in [4.69, 9.17) is 0 Å². The van der Waals surface area contributed by atoms with E-state index in [2.05, 4.69) is 9.97 Å². The molecule has 0 amide bonds. The lowest BCUT2D eigenvalue weighted by Gasteiger charge is -2.10. The summed E-state index contributed by atoms with van der Waals surface area (Å²) in [5, 5.41) is 0.463. The highest BCUT2D eigenvalue weighted by Gasteiger charge is 2.12. The van der Waals surface area contributed by atoms with Crippen LogP contribution in [0.1, 0.15) is 29.5 Å². The molecule has 0 spiro atoms. The van der Waals surface area contributed by atoms with Crippen LogP contribution in [0.3, 0.4) is 0 Å². The maximum atomic E-state index is 12.6. The zero-order valence-corrected chi connectivity index (χ0v) is 12.5. The highest BCUT2D eigenvalue weighted by molar-refractivity contribution is 5.99. The molecular formula is C16H16N4O2. The average Bonchev–Trinajstić information content (AvgIpc) is 3.05. The smallest absolute Gasteiger partial charge is 0.263 e. The molecule has 0 unspecified atom stereocenters. The molecule has 0 N–H and O–H groups in total. The van der Waals surface area contributed by atoms with Crippen LogP contribution in [0.5, 0.6) is 0 Å². The highest BCUT2D eigenvalue weighted by Crippen LogP contribution is 2.13. The minimum atomic E-state index is -0.221. The van der Waals surface area contributed by atoms with Crippen LogP contribution in [0.4, 0.5) is 0 Å². The van der Waals surface area contributed by atoms with Gasteiger partial charge in [-0.3, -0.25) is 18.7 Å². The van der Waals surface area contributed by atoms with E-state index in [1.807, 2.05) is 13.8 Å². The summed E-state index contributed by atoms with van der Waals surface area (Å²) in [6.45, 7) is 4.45. The predicted molar refractivity (Wildman–Crippen MR) is 83.0 cm³/mol. The van der Waals surface area contributed by atoms with E-state index in [1.165, 1.54) is 17.1 Å². The number of carbonyl (C=O) groups excluding carboxylic acids is 1. The number of fused-ring (bicyclic) bond motifs is 1. The summed E-state index contributed by atoms with van der Waals surface area (Å²) in [5.41, 5.74) is 0.943. The molecule has 0 aliphatic heterocycles. The van der Waals surface area contributed by atoms with Crippen LogP contribution in [-0.4, -0.2) is 25.0 Å². The van der Waals surface area contributed by atoms with Crippen molar-refractivity contribution in [3.05, 3.63) is 58.7 Å². The second kappa shape index (κ2) is 5.55. The summed E-state index contributed by atoms with van der Waals surface area (Å²) in [5.74, 6) is 0.467. The molecule has 0 saturated carbocycles. The number of hydrogen-bond acceptors (Lipinski definition) is 4. The standard InChI is InChI=1S/C16H16N4O2/c1-3-7-20-11(2)18-14-5-4-12(9-13(14)16(20)22)15(21)19-8-6-17-10-19/h4-6,8-10H,3,7H2,1-2H3. The third-order valence-corrected chi connectivity index (χ3v) is 3.58. The number of imidazole rings is 1. The normalized spacial score (nSPS) is 11.0. The Bertz CT molecular complexity index is 894. The number of hydrogen-bond donors (Lipinski definition) is 0. The number of carbonyl (C=O) groups is 1. The third kappa shape index (κ3) is 2.32. The molecule has 0 bridgehead atoms. The van der Waals surface area contributed by atoms with Crippen molar-refractivity contribution in [1.29, 1.82) is 0 Å². The average molecular weight is 296 g/mol. The molecule has 2 heterocycles. The number of aryl methyl sites for hydroxylation is 1. The Labute approximate surface area is 127 Å². The summed E-state index contributed by atoms with van der Waals surface area (Å²) in [6.07, 6.45) is 5.41. The second-order valence-corrected chi connectivity index (χ2v) is 5.12. The lowest BCUT2D eigenvalue weighted by atomic mass is 10.1. The first kappa shape index (κ1) is 14.2. The van der Waals surface area contributed by atoms with Crippen molar-refractivity contribution in [1.82, 2.24) is 19.1 Å². The molecule has 0 atom stereocenters. The Morgan fingerprint density at radius 1 is 1.32 bits per heavy atom. The van der Waals surface area contributed by atoms with Crippen LogP contribution < -0.4 is 5.56 Å². The molecule has 6 nitrogen and oxygen atoms in total. The molecule has 0 saturated heterocycles. The molecule has 0 radical (unpaired) electrons. The van der Waals surface area contributed by atoms with Crippen molar-refractivity contribution < 1.29 is 4.79 Å². The van der Waals surface area contributed by atoms with Crippen molar-refractivity contribution in [3.63, 3.8) is 0 Å². The topological polar surface area (TPSA) is 69.8 Å². The lowest BCUT2D eigenvalue weighted by molar-refractivity contribution is 0.0960. The molecule has 0 fully saturated rings. The second-order valence-electron chi connectivity index (χ2n) is 5.12. The Kier molecular flexibility index (Phi) is 3.58. The fourth-order valence-corrected chi connectivity index (χ4v) is 2.48. The monoisotopic (exact) mass is 296 g/mol. The zero-order chi connectivity index (χ0) is 15.7. The summed E-state index contributed by atoms with van der Waals surface area (Å²) in [4.78, 5) is 33.2. The van der Waals surface area contributed by atoms with Gasteiger partial charge in [0.15, 0.2) is 0 Å². The zero-order valence-electron chi connectivity index (χ0n) is 12.5. The van der Waals surface area contributed by atoms with Gasteiger partial charge < -0.3 is 0 Å². The van der Waals surface area contributed by atoms with Gasteiger partial charge in [-0.25, -0.2) is 9.97 Å². The van der Waals surface area contributed by atoms with Crippen molar-refractivity contribution in [2.75, 3.05) is 0 Å². The first-order valence-corrected chi connectivity index (χ1v) is 7.15. The third-order valence-electron chi connectivity index (χ3n) is 3.58. The van der Waals surface area contributed by atoms with Gasteiger partial charge in [0.1, 0.15) is 12.2 Å². The van der Waals surface area contributed by atoms with Gasteiger partial charge in [-0.1, -0.05) is 6.92 Å². The summed E-state index contributed by atoms with van der Waals surface area (Å²) in [7, 11) is 0. The number of benzene rings is 1. The predicted octanol–water partition coefficient (Wildman–Crippen LogP) is 2.00. The van der Waals surface area contributed by atoms with Crippen LogP contribution in [0.15, 0.2) is 41.7 Å². The van der Waals surface area contributed by atoms with Gasteiger partial charge in [-0.15, -0.1) is 0 Å². The van der Waals surface area contributed by atoms with Gasteiger partial charge in [-0.05, 0) is 31.5 Å². The minimum absolute atomic E-state index is 0.107. The molecule has 112 valence electrons. The van der Waals surface area contributed by atoms with Crippen molar-refractivity contribution in [2.45, 2.75) is 26.8 Å². The summed E-state index contributed by atoms with van der Waals surface area (Å²) >= 11 is 0. The molecule has 0 aliphatic carbocycles. The number of rotatable bonds is 3. The van der Waals surface area contributed by atoms with Gasteiger partial charge in [0.25, 0.3) is 11.5 Å². The highest BCUT2D eigenvalue weighted by atomic mass is 16.2. The van der Waals surface area contributed by atoms with Gasteiger partial charge >= 0.3 is 0 Å². The fourth-order valence-electron chi connectivity index (χ4n) is 2.48. The van der Waals surface area contributed by atoms with E-state index >= 15 is 0 Å². The molecule has 1 aromatic carbocycles. The van der Waals surface area contributed by atoms with Crippen LogP contribution >= 0.6 is 0 Å². The van der Waals surface area contributed by atoms with Crippen LogP contribution in [0.25, 0.3) is 10.9 Å². The van der Waals surface area contributed by atoms with Gasteiger partial charge in [0, 0.05) is 24.5 Å². The number of nitrogens with zero attached hydrogens (tertiary/aromatic N) is 4. The Morgan fingerprint density at radius 2 is 2.14 bits per heavy atom. The molecule has 3 rings (SSSR count). The van der Waals surface area contributed by atoms with Crippen LogP contribution in [-0.2, 0) is 6.54 Å². The van der Waals surface area contributed by atoms with Gasteiger partial charge in [0.05, 0.1) is 10.9 Å². The summed E-state index contributed by atoms with van der Waals surface area (Å²) < 4.78 is 3.03. The molecular weight excluding hydrogens is 280 g/mol. The fraction of sp³-hybridized carbons (Fsp3) is 0.250. The van der Waals surface area contributed by atoms with E-state index in [-0.39, 0.29) is 11.5 Å². The minimum Gasteiger partial charge on any atom is -0.296 e. The van der Waals surface area contributed by atoms with Gasteiger partial charge in [0.2, 0.25) is 0 Å². The molecule has 2 aromatic heterocycles. The molecule has 3 aromatic rings. The van der Waals surface area contributed by atoms with Gasteiger partial charge in [-0.2, -0.15) is 0 Å². The Morgan fingerprint density at radius 3 is 2.82 bits per heavy atom. The lowest BCUT2D eigenvalue weighted by Crippen LogP contribution is -2.24. The van der Waals surface area contributed by atoms with Crippen LogP contribution in [0.2, 0.25) is 0 Å². The Hall–Kier alpha value is -2.76. The van der Waals surface area contributed by atoms with E-state index in [1.54, 1.807) is 29.0 Å². The maximum absolute atomic E-state index is 12.6. The SMILES string of the molecule is CCCn1c(C)nc2ccc(C(=O)n3ccnc3)cc2c1=O. The first-order chi connectivity index (χ1) is 10.6. The molecule has 0 aliphatic rings. The van der Waals surface area contributed by atoms with Crippen LogP contribution in [0, 0.1) is 6.92 Å². The summed E-state index contributed by atoms with van der Waals surface area (Å²) in [6, 6.07) is 5.00. The van der Waals surface area contributed by atoms with E-state index in [0.29, 0.717) is 28.8 Å². The first-order valence-electron chi connectivity index (χ1n) is 7.15. The number of aromatic nitrogens is 4. The Balaban J connectivity index is 2.17. The van der Waals surface area contributed by atoms with Crippen molar-refractivity contribution >= 4 is 16.8 Å². The van der Waals surface area contributed by atoms with E-state index < -0.39 is 0 Å². The quantitative estimate of drug-likeness (QED) is 0.741. The largest absolute Gasteiger partial charge is 0.296 e. The van der Waals surface area contributed by atoms with Crippen molar-refractivity contribution in [3.8, 4) is 0 Å². The maximum Gasteiger partial charge on any atom is 0.263 e. The van der Waals surface area contributed by atoms with Crippen molar-refractivity contribution in [2.24, 2.45) is 0 Å². The molecule has 6 heteroatoms. The van der Waals surface area contributed by atoms with E-state index in [9.17, 15) is 9.59 Å². The molecule has 22 heavy (non-hydrogen) atoms. The van der Waals surface area contributed by atoms with E-state index in [0.717, 1.165) is 6.42 Å².